The van der Waals surface area contributed by atoms with Gasteiger partial charge in [-0.1, -0.05) is 12.7 Å². The Labute approximate surface area is 54.5 Å². The second kappa shape index (κ2) is 10.0. The van der Waals surface area contributed by atoms with Crippen molar-refractivity contribution >= 4 is 5.97 Å². The van der Waals surface area contributed by atoms with Gasteiger partial charge in [0, 0.05) is 12.6 Å². The second-order valence-electron chi connectivity index (χ2n) is 1.07. The van der Waals surface area contributed by atoms with Crippen molar-refractivity contribution in [2.75, 3.05) is 6.54 Å². The van der Waals surface area contributed by atoms with Crippen molar-refractivity contribution in [1.82, 2.24) is 0 Å². The highest BCUT2D eigenvalue weighted by Crippen LogP contribution is 1.54. The van der Waals surface area contributed by atoms with Gasteiger partial charge in [-0.25, -0.2) is 4.79 Å². The summed E-state index contributed by atoms with van der Waals surface area (Å²) in [6, 6.07) is 0. The van der Waals surface area contributed by atoms with E-state index in [4.69, 9.17) is 10.8 Å². The van der Waals surface area contributed by atoms with Crippen LogP contribution in [0.1, 0.15) is 0 Å². The number of nitrogens with two attached hydrogens (primary N) is 1. The molecule has 0 heterocycles. The Bertz CT molecular complexity index is 99.2. The molecule has 0 saturated heterocycles. The van der Waals surface area contributed by atoms with E-state index in [1.807, 2.05) is 0 Å². The largest absolute Gasteiger partial charge is 0.478 e. The maximum atomic E-state index is 9.25. The van der Waals surface area contributed by atoms with Crippen LogP contribution in [0.4, 0.5) is 0 Å². The molecular weight excluding hydrogens is 118 g/mol. The first-order valence-corrected chi connectivity index (χ1v) is 2.35. The lowest BCUT2D eigenvalue weighted by Gasteiger charge is -1.64. The molecule has 0 amide bonds. The van der Waals surface area contributed by atoms with E-state index in [-0.39, 0.29) is 0 Å². The lowest BCUT2D eigenvalue weighted by Crippen LogP contribution is -1.90. The van der Waals surface area contributed by atoms with Crippen molar-refractivity contribution in [1.29, 1.82) is 0 Å². The van der Waals surface area contributed by atoms with Crippen LogP contribution >= 0.6 is 0 Å². The van der Waals surface area contributed by atoms with Crippen molar-refractivity contribution in [3.63, 3.8) is 0 Å². The Balaban J connectivity index is 0. The van der Waals surface area contributed by atoms with Gasteiger partial charge in [0.05, 0.1) is 0 Å². The third-order valence-electron chi connectivity index (χ3n) is 0.341. The van der Waals surface area contributed by atoms with Crippen LogP contribution in [0.3, 0.4) is 0 Å². The quantitative estimate of drug-likeness (QED) is 0.418. The van der Waals surface area contributed by atoms with Gasteiger partial charge in [-0.05, 0) is 0 Å². The summed E-state index contributed by atoms with van der Waals surface area (Å²) in [5.74, 6) is -0.981. The highest BCUT2D eigenvalue weighted by atomic mass is 16.4. The van der Waals surface area contributed by atoms with Gasteiger partial charge in [0.2, 0.25) is 0 Å². The normalized spacial score (nSPS) is 6.33. The second-order valence-corrected chi connectivity index (χ2v) is 1.07. The van der Waals surface area contributed by atoms with Gasteiger partial charge in [-0.15, -0.1) is 6.58 Å². The average molecular weight is 129 g/mol. The number of carboxylic acids is 1. The van der Waals surface area contributed by atoms with Gasteiger partial charge in [0.1, 0.15) is 0 Å². The van der Waals surface area contributed by atoms with Crippen LogP contribution in [-0.2, 0) is 4.79 Å². The van der Waals surface area contributed by atoms with Crippen molar-refractivity contribution < 1.29 is 9.90 Å². The van der Waals surface area contributed by atoms with Gasteiger partial charge in [0.25, 0.3) is 0 Å². The van der Waals surface area contributed by atoms with Crippen molar-refractivity contribution in [2.45, 2.75) is 0 Å². The van der Waals surface area contributed by atoms with E-state index in [2.05, 4.69) is 13.2 Å². The molecule has 0 aromatic rings. The molecule has 0 aliphatic carbocycles. The van der Waals surface area contributed by atoms with Crippen LogP contribution in [0.15, 0.2) is 25.3 Å². The lowest BCUT2D eigenvalue weighted by molar-refractivity contribution is -0.131. The maximum absolute atomic E-state index is 9.25. The molecule has 0 spiro atoms. The molecule has 0 saturated carbocycles. The predicted molar refractivity (Wildman–Crippen MR) is 37.1 cm³/mol. The summed E-state index contributed by atoms with van der Waals surface area (Å²) in [5, 5.41) is 7.60. The first-order valence-electron chi connectivity index (χ1n) is 2.35. The summed E-state index contributed by atoms with van der Waals surface area (Å²) in [5.41, 5.74) is 4.91. The topological polar surface area (TPSA) is 63.3 Å². The summed E-state index contributed by atoms with van der Waals surface area (Å²) in [6.45, 7) is 6.90. The minimum atomic E-state index is -0.981. The van der Waals surface area contributed by atoms with E-state index < -0.39 is 5.97 Å². The van der Waals surface area contributed by atoms with Crippen molar-refractivity contribution in [3.05, 3.63) is 25.3 Å². The molecule has 0 fully saturated rings. The van der Waals surface area contributed by atoms with Crippen molar-refractivity contribution in [3.8, 4) is 0 Å². The molecule has 0 aliphatic heterocycles. The number of carbonyl (C=O) groups is 1. The van der Waals surface area contributed by atoms with Gasteiger partial charge in [0.15, 0.2) is 0 Å². The standard InChI is InChI=1S/C3H7N.C3H4O2/c1-2-3-4;1-2-3(4)5/h2H,1,3-4H2;2H,1H2,(H,4,5). The van der Waals surface area contributed by atoms with E-state index in [1.54, 1.807) is 6.08 Å². The van der Waals surface area contributed by atoms with Gasteiger partial charge < -0.3 is 10.8 Å². The minimum absolute atomic E-state index is 0.583. The molecule has 0 rings (SSSR count). The van der Waals surface area contributed by atoms with E-state index in [0.29, 0.717) is 6.54 Å². The first-order chi connectivity index (χ1) is 4.18. The van der Waals surface area contributed by atoms with E-state index >= 15 is 0 Å². The lowest BCUT2D eigenvalue weighted by atomic mass is 10.7. The summed E-state index contributed by atoms with van der Waals surface area (Å²) < 4.78 is 0. The number of hydrogen-bond donors (Lipinski definition) is 2. The Morgan fingerprint density at radius 3 is 1.89 bits per heavy atom. The van der Waals surface area contributed by atoms with E-state index in [9.17, 15) is 4.79 Å². The Hall–Kier alpha value is -1.09. The average Bonchev–Trinajstić information content (AvgIpc) is 1.89. The minimum Gasteiger partial charge on any atom is -0.478 e. The Morgan fingerprint density at radius 1 is 1.67 bits per heavy atom. The van der Waals surface area contributed by atoms with Gasteiger partial charge >= 0.3 is 5.97 Å². The number of rotatable bonds is 2. The Morgan fingerprint density at radius 2 is 1.89 bits per heavy atom. The van der Waals surface area contributed by atoms with E-state index in [0.717, 1.165) is 6.08 Å². The summed E-state index contributed by atoms with van der Waals surface area (Å²) in [6.07, 6.45) is 2.49. The van der Waals surface area contributed by atoms with Crippen LogP contribution in [-0.4, -0.2) is 17.6 Å². The first kappa shape index (κ1) is 10.8. The molecule has 9 heavy (non-hydrogen) atoms. The molecule has 0 aromatic carbocycles. The number of hydrogen-bond acceptors (Lipinski definition) is 2. The monoisotopic (exact) mass is 129 g/mol. The summed E-state index contributed by atoms with van der Waals surface area (Å²) in [7, 11) is 0. The zero-order valence-electron chi connectivity index (χ0n) is 5.21. The van der Waals surface area contributed by atoms with E-state index in [1.165, 1.54) is 0 Å². The fraction of sp³-hybridized carbons (Fsp3) is 0.167. The van der Waals surface area contributed by atoms with Crippen LogP contribution in [0.25, 0.3) is 0 Å². The van der Waals surface area contributed by atoms with Crippen molar-refractivity contribution in [2.24, 2.45) is 5.73 Å². The molecular formula is C6H11NO2. The number of carboxylic acid groups (broad SMARTS) is 1. The summed E-state index contributed by atoms with van der Waals surface area (Å²) in [4.78, 5) is 9.25. The van der Waals surface area contributed by atoms with Gasteiger partial charge in [-0.2, -0.15) is 0 Å². The third kappa shape index (κ3) is 45.7. The zero-order valence-corrected chi connectivity index (χ0v) is 5.21. The Kier molecular flexibility index (Phi) is 12.0. The fourth-order valence-corrected chi connectivity index (χ4v) is 0. The molecule has 3 nitrogen and oxygen atoms in total. The van der Waals surface area contributed by atoms with Crippen LogP contribution < -0.4 is 5.73 Å². The molecule has 0 unspecified atom stereocenters. The number of aliphatic carboxylic acids is 1. The smallest absolute Gasteiger partial charge is 0.327 e. The van der Waals surface area contributed by atoms with Crippen LogP contribution in [0, 0.1) is 0 Å². The van der Waals surface area contributed by atoms with Crippen LogP contribution in [0.5, 0.6) is 0 Å². The molecule has 0 atom stereocenters. The fourth-order valence-electron chi connectivity index (χ4n) is 0. The molecule has 3 heteroatoms. The molecule has 0 aromatic heterocycles. The van der Waals surface area contributed by atoms with Gasteiger partial charge in [-0.3, -0.25) is 0 Å². The molecule has 0 bridgehead atoms. The molecule has 3 N–H and O–H groups in total. The maximum Gasteiger partial charge on any atom is 0.327 e. The zero-order chi connectivity index (χ0) is 7.70. The molecule has 0 aliphatic rings. The molecule has 52 valence electrons. The predicted octanol–water partition coefficient (Wildman–Crippen LogP) is 0.388. The van der Waals surface area contributed by atoms with Crippen LogP contribution in [0.2, 0.25) is 0 Å². The third-order valence-corrected chi connectivity index (χ3v) is 0.341. The highest BCUT2D eigenvalue weighted by Gasteiger charge is 1.73. The molecule has 0 radical (unpaired) electrons. The highest BCUT2D eigenvalue weighted by molar-refractivity contribution is 5.78. The summed E-state index contributed by atoms with van der Waals surface area (Å²) >= 11 is 0. The SMILES string of the molecule is C=CC(=O)O.C=CCN.